The predicted octanol–water partition coefficient (Wildman–Crippen LogP) is 2.90. The summed E-state index contributed by atoms with van der Waals surface area (Å²) in [6, 6.07) is 0. The summed E-state index contributed by atoms with van der Waals surface area (Å²) in [7, 11) is 0. The van der Waals surface area contributed by atoms with Crippen LogP contribution in [0.2, 0.25) is 0 Å². The second-order valence-corrected chi connectivity index (χ2v) is 2.96. The van der Waals surface area contributed by atoms with Gasteiger partial charge in [-0.05, 0) is 38.0 Å². The minimum atomic E-state index is -0.638. The predicted molar refractivity (Wildman–Crippen MR) is 41.4 cm³/mol. The summed E-state index contributed by atoms with van der Waals surface area (Å²) in [5, 5.41) is 0. The van der Waals surface area contributed by atoms with Crippen molar-refractivity contribution in [1.82, 2.24) is 0 Å². The molecule has 0 aliphatic heterocycles. The van der Waals surface area contributed by atoms with Gasteiger partial charge in [-0.1, -0.05) is 6.08 Å². The van der Waals surface area contributed by atoms with Gasteiger partial charge in [0.2, 0.25) is 0 Å². The van der Waals surface area contributed by atoms with Crippen LogP contribution >= 0.6 is 0 Å². The zero-order chi connectivity index (χ0) is 7.40. The highest BCUT2D eigenvalue weighted by Crippen LogP contribution is 2.27. The zero-order valence-electron chi connectivity index (χ0n) is 6.22. The third-order valence-electron chi connectivity index (χ3n) is 2.08. The standard InChI is InChI=1S/C9H14F/c1-2-3-8-4-6-9(10)7-5-8/h2,6,8-9H,1,3-5,7H2. The molecule has 0 N–H and O–H groups in total. The van der Waals surface area contributed by atoms with Gasteiger partial charge in [0.25, 0.3) is 0 Å². The lowest BCUT2D eigenvalue weighted by molar-refractivity contribution is 0.267. The summed E-state index contributed by atoms with van der Waals surface area (Å²) < 4.78 is 12.5. The van der Waals surface area contributed by atoms with Crippen molar-refractivity contribution >= 4 is 0 Å². The Labute approximate surface area is 62.1 Å². The molecule has 1 rings (SSSR count). The van der Waals surface area contributed by atoms with Crippen LogP contribution in [0.15, 0.2) is 12.7 Å². The minimum Gasteiger partial charge on any atom is -0.247 e. The third kappa shape index (κ3) is 2.13. The Morgan fingerprint density at radius 3 is 2.90 bits per heavy atom. The fraction of sp³-hybridized carbons (Fsp3) is 0.667. The number of alkyl halides is 1. The number of hydrogen-bond donors (Lipinski definition) is 0. The normalized spacial score (nSPS) is 33.7. The van der Waals surface area contributed by atoms with E-state index in [2.05, 4.69) is 6.58 Å². The fourth-order valence-corrected chi connectivity index (χ4v) is 1.42. The summed E-state index contributed by atoms with van der Waals surface area (Å²) in [5.41, 5.74) is 0. The molecule has 1 heteroatoms. The van der Waals surface area contributed by atoms with Crippen molar-refractivity contribution in [3.05, 3.63) is 19.1 Å². The second kappa shape index (κ2) is 3.75. The highest BCUT2D eigenvalue weighted by Gasteiger charge is 2.19. The molecule has 1 fully saturated rings. The molecular formula is C9H14F. The average Bonchev–Trinajstić information content (AvgIpc) is 1.95. The van der Waals surface area contributed by atoms with Gasteiger partial charge in [0.15, 0.2) is 0 Å². The smallest absolute Gasteiger partial charge is 0.103 e. The maximum absolute atomic E-state index is 12.5. The van der Waals surface area contributed by atoms with Gasteiger partial charge in [-0.15, -0.1) is 6.58 Å². The maximum Gasteiger partial charge on any atom is 0.103 e. The first kappa shape index (κ1) is 7.77. The van der Waals surface area contributed by atoms with E-state index in [-0.39, 0.29) is 0 Å². The lowest BCUT2D eigenvalue weighted by Gasteiger charge is -2.22. The first-order valence-corrected chi connectivity index (χ1v) is 3.91. The Kier molecular flexibility index (Phi) is 2.91. The molecule has 0 bridgehead atoms. The van der Waals surface area contributed by atoms with Crippen molar-refractivity contribution in [2.75, 3.05) is 0 Å². The van der Waals surface area contributed by atoms with E-state index in [1.54, 1.807) is 6.42 Å². The third-order valence-corrected chi connectivity index (χ3v) is 2.08. The topological polar surface area (TPSA) is 0 Å². The highest BCUT2D eigenvalue weighted by molar-refractivity contribution is 4.88. The molecule has 0 aromatic carbocycles. The zero-order valence-corrected chi connectivity index (χ0v) is 6.22. The Morgan fingerprint density at radius 2 is 2.40 bits per heavy atom. The quantitative estimate of drug-likeness (QED) is 0.519. The van der Waals surface area contributed by atoms with Crippen LogP contribution in [0.3, 0.4) is 0 Å². The van der Waals surface area contributed by atoms with E-state index in [0.29, 0.717) is 5.92 Å². The molecule has 1 saturated carbocycles. The maximum atomic E-state index is 12.5. The molecule has 0 heterocycles. The van der Waals surface area contributed by atoms with Crippen molar-refractivity contribution in [2.45, 2.75) is 31.9 Å². The van der Waals surface area contributed by atoms with Gasteiger partial charge < -0.3 is 0 Å². The van der Waals surface area contributed by atoms with Gasteiger partial charge in [0, 0.05) is 0 Å². The monoisotopic (exact) mass is 141 g/mol. The van der Waals surface area contributed by atoms with E-state index < -0.39 is 6.17 Å². The Morgan fingerprint density at radius 1 is 1.60 bits per heavy atom. The largest absolute Gasteiger partial charge is 0.247 e. The van der Waals surface area contributed by atoms with Crippen molar-refractivity contribution < 1.29 is 4.39 Å². The Bertz CT molecular complexity index is 101. The van der Waals surface area contributed by atoms with Crippen LogP contribution in [-0.4, -0.2) is 6.17 Å². The van der Waals surface area contributed by atoms with Crippen LogP contribution in [-0.2, 0) is 0 Å². The summed E-state index contributed by atoms with van der Waals surface area (Å²) in [5.74, 6) is 0.671. The van der Waals surface area contributed by atoms with Crippen LogP contribution in [0.25, 0.3) is 0 Å². The van der Waals surface area contributed by atoms with Crippen LogP contribution < -0.4 is 0 Å². The van der Waals surface area contributed by atoms with Crippen molar-refractivity contribution in [3.8, 4) is 0 Å². The molecule has 0 amide bonds. The summed E-state index contributed by atoms with van der Waals surface area (Å²) >= 11 is 0. The van der Waals surface area contributed by atoms with E-state index in [9.17, 15) is 4.39 Å². The summed E-state index contributed by atoms with van der Waals surface area (Å²) in [4.78, 5) is 0. The van der Waals surface area contributed by atoms with E-state index in [4.69, 9.17) is 0 Å². The average molecular weight is 141 g/mol. The van der Waals surface area contributed by atoms with Gasteiger partial charge in [-0.2, -0.15) is 0 Å². The summed E-state index contributed by atoms with van der Waals surface area (Å²) in [6.07, 6.45) is 6.81. The van der Waals surface area contributed by atoms with Gasteiger partial charge in [-0.25, -0.2) is 4.39 Å². The molecule has 0 aromatic heterocycles. The van der Waals surface area contributed by atoms with E-state index in [0.717, 1.165) is 25.7 Å². The minimum absolute atomic E-state index is 0.638. The second-order valence-electron chi connectivity index (χ2n) is 2.96. The summed E-state index contributed by atoms with van der Waals surface area (Å²) in [6.45, 7) is 3.67. The Hall–Kier alpha value is -0.330. The van der Waals surface area contributed by atoms with Gasteiger partial charge >= 0.3 is 0 Å². The van der Waals surface area contributed by atoms with Gasteiger partial charge in [0.1, 0.15) is 6.17 Å². The first-order chi connectivity index (χ1) is 4.83. The fourth-order valence-electron chi connectivity index (χ4n) is 1.42. The lowest BCUT2D eigenvalue weighted by Crippen LogP contribution is -2.14. The van der Waals surface area contributed by atoms with Crippen molar-refractivity contribution in [3.63, 3.8) is 0 Å². The Balaban J connectivity index is 2.19. The molecule has 0 spiro atoms. The molecular weight excluding hydrogens is 127 g/mol. The molecule has 2 unspecified atom stereocenters. The highest BCUT2D eigenvalue weighted by atomic mass is 19.1. The molecule has 57 valence electrons. The van der Waals surface area contributed by atoms with E-state index in [1.807, 2.05) is 6.08 Å². The number of halogens is 1. The van der Waals surface area contributed by atoms with E-state index in [1.165, 1.54) is 0 Å². The van der Waals surface area contributed by atoms with E-state index >= 15 is 0 Å². The lowest BCUT2D eigenvalue weighted by atomic mass is 9.86. The molecule has 0 aromatic rings. The van der Waals surface area contributed by atoms with Crippen molar-refractivity contribution in [1.29, 1.82) is 0 Å². The molecule has 0 nitrogen and oxygen atoms in total. The number of rotatable bonds is 2. The van der Waals surface area contributed by atoms with Crippen LogP contribution in [0, 0.1) is 12.3 Å². The molecule has 0 saturated heterocycles. The van der Waals surface area contributed by atoms with Gasteiger partial charge in [0.05, 0.1) is 0 Å². The first-order valence-electron chi connectivity index (χ1n) is 3.91. The SMILES string of the molecule is C=CCC1C[CH]C(F)CC1. The number of hydrogen-bond acceptors (Lipinski definition) is 0. The molecule has 1 aliphatic carbocycles. The molecule has 1 aliphatic rings. The van der Waals surface area contributed by atoms with Crippen LogP contribution in [0.5, 0.6) is 0 Å². The number of allylic oxidation sites excluding steroid dienone is 1. The molecule has 1 radical (unpaired) electrons. The van der Waals surface area contributed by atoms with Crippen LogP contribution in [0.1, 0.15) is 25.7 Å². The van der Waals surface area contributed by atoms with Crippen molar-refractivity contribution in [2.24, 2.45) is 5.92 Å². The van der Waals surface area contributed by atoms with Gasteiger partial charge in [-0.3, -0.25) is 0 Å². The van der Waals surface area contributed by atoms with Crippen LogP contribution in [0.4, 0.5) is 4.39 Å². The molecule has 2 atom stereocenters. The molecule has 10 heavy (non-hydrogen) atoms.